The van der Waals surface area contributed by atoms with Crippen molar-refractivity contribution in [3.63, 3.8) is 0 Å². The van der Waals surface area contributed by atoms with Crippen LogP contribution in [-0.4, -0.2) is 66.9 Å². The Morgan fingerprint density at radius 3 is 1.23 bits per heavy atom. The number of hydrogen-bond donors (Lipinski definition) is 2. The highest BCUT2D eigenvalue weighted by Gasteiger charge is 2.16. The molecule has 39 heavy (non-hydrogen) atoms. The van der Waals surface area contributed by atoms with Gasteiger partial charge < -0.3 is 32.8 Å². The van der Waals surface area contributed by atoms with Crippen molar-refractivity contribution in [2.24, 2.45) is 10.2 Å². The molecule has 0 saturated carbocycles. The fourth-order valence-electron chi connectivity index (χ4n) is 3.37. The highest BCUT2D eigenvalue weighted by molar-refractivity contribution is 5.96. The summed E-state index contributed by atoms with van der Waals surface area (Å²) >= 11 is 0. The van der Waals surface area contributed by atoms with Crippen LogP contribution in [0.15, 0.2) is 51.0 Å². The first-order chi connectivity index (χ1) is 18.9. The number of carbonyl (C=O) groups excluding carboxylic acids is 2. The fourth-order valence-corrected chi connectivity index (χ4v) is 3.37. The van der Waals surface area contributed by atoms with Crippen molar-refractivity contribution in [3.05, 3.63) is 59.0 Å². The van der Waals surface area contributed by atoms with E-state index in [0.717, 1.165) is 0 Å². The van der Waals surface area contributed by atoms with Gasteiger partial charge in [-0.25, -0.2) is 10.9 Å². The van der Waals surface area contributed by atoms with E-state index in [-0.39, 0.29) is 11.5 Å². The maximum absolute atomic E-state index is 12.4. The van der Waals surface area contributed by atoms with E-state index < -0.39 is 11.8 Å². The lowest BCUT2D eigenvalue weighted by Crippen LogP contribution is -2.18. The van der Waals surface area contributed by atoms with Crippen molar-refractivity contribution in [2.45, 2.75) is 0 Å². The number of nitrogens with one attached hydrogen (secondary N) is 2. The summed E-state index contributed by atoms with van der Waals surface area (Å²) in [5, 5.41) is 7.82. The number of furan rings is 1. The van der Waals surface area contributed by atoms with Gasteiger partial charge >= 0.3 is 11.8 Å². The maximum atomic E-state index is 12.4. The molecule has 0 unspecified atom stereocenters. The molecule has 0 spiro atoms. The number of hydrogen-bond acceptors (Lipinski definition) is 11. The van der Waals surface area contributed by atoms with E-state index >= 15 is 0 Å². The van der Waals surface area contributed by atoms with Gasteiger partial charge in [0, 0.05) is 11.1 Å². The molecule has 0 aliphatic heterocycles. The fraction of sp³-hybridized carbons (Fsp3) is 0.231. The second kappa shape index (κ2) is 13.4. The molecular weight excluding hydrogens is 512 g/mol. The van der Waals surface area contributed by atoms with E-state index in [9.17, 15) is 9.59 Å². The van der Waals surface area contributed by atoms with Crippen LogP contribution in [0.2, 0.25) is 0 Å². The summed E-state index contributed by atoms with van der Waals surface area (Å²) < 4.78 is 37.1. The number of benzene rings is 2. The average molecular weight is 541 g/mol. The molecule has 3 rings (SSSR count). The zero-order valence-corrected chi connectivity index (χ0v) is 22.2. The molecule has 3 aromatic rings. The predicted octanol–water partition coefficient (Wildman–Crippen LogP) is 2.86. The molecule has 1 aromatic heterocycles. The van der Waals surface area contributed by atoms with Crippen LogP contribution in [0.3, 0.4) is 0 Å². The minimum Gasteiger partial charge on any atom is -0.493 e. The summed E-state index contributed by atoms with van der Waals surface area (Å²) in [6, 6.07) is 9.30. The number of amides is 2. The first kappa shape index (κ1) is 28.4. The summed E-state index contributed by atoms with van der Waals surface area (Å²) in [6.45, 7) is 0. The van der Waals surface area contributed by atoms with Crippen LogP contribution in [0, 0.1) is 0 Å². The minimum absolute atomic E-state index is 0.129. The Morgan fingerprint density at radius 1 is 0.615 bits per heavy atom. The Hall–Kier alpha value is -5.20. The molecule has 0 aliphatic carbocycles. The van der Waals surface area contributed by atoms with E-state index in [0.29, 0.717) is 45.6 Å². The number of carbonyl (C=O) groups is 2. The Morgan fingerprint density at radius 2 is 0.949 bits per heavy atom. The molecule has 0 saturated heterocycles. The molecule has 13 nitrogen and oxygen atoms in total. The van der Waals surface area contributed by atoms with E-state index in [1.165, 1.54) is 67.2 Å². The van der Waals surface area contributed by atoms with E-state index in [1.54, 1.807) is 24.3 Å². The van der Waals surface area contributed by atoms with Gasteiger partial charge in [0.15, 0.2) is 34.5 Å². The van der Waals surface area contributed by atoms with Crippen molar-refractivity contribution in [1.82, 2.24) is 10.9 Å². The first-order valence-electron chi connectivity index (χ1n) is 11.3. The Labute approximate surface area is 224 Å². The van der Waals surface area contributed by atoms with E-state index in [4.69, 9.17) is 32.8 Å². The highest BCUT2D eigenvalue weighted by atomic mass is 16.5. The first-order valence-corrected chi connectivity index (χ1v) is 11.3. The van der Waals surface area contributed by atoms with Crippen molar-refractivity contribution >= 4 is 24.2 Å². The van der Waals surface area contributed by atoms with Gasteiger partial charge in [-0.3, -0.25) is 9.59 Å². The summed E-state index contributed by atoms with van der Waals surface area (Å²) in [5.74, 6) is 0.978. The molecule has 0 radical (unpaired) electrons. The van der Waals surface area contributed by atoms with Crippen LogP contribution in [0.5, 0.6) is 34.5 Å². The summed E-state index contributed by atoms with van der Waals surface area (Å²) in [7, 11) is 8.95. The Balaban J connectivity index is 1.62. The standard InChI is InChI=1S/C26H28N4O9/c1-33-19-9-15(10-20(34-2)23(19)37-5)13-27-29-25(31)17-7-8-18(39-17)26(32)30-28-14-16-11-21(35-3)24(38-6)22(12-16)36-4/h7-14H,1-6H3,(H,29,31)(H,30,32). The van der Waals surface area contributed by atoms with Crippen LogP contribution in [0.1, 0.15) is 32.2 Å². The minimum atomic E-state index is -0.668. The lowest BCUT2D eigenvalue weighted by Gasteiger charge is -2.12. The highest BCUT2D eigenvalue weighted by Crippen LogP contribution is 2.38. The third-order valence-corrected chi connectivity index (χ3v) is 5.19. The van der Waals surface area contributed by atoms with Gasteiger partial charge in [-0.05, 0) is 36.4 Å². The smallest absolute Gasteiger partial charge is 0.307 e. The molecule has 1 heterocycles. The maximum Gasteiger partial charge on any atom is 0.307 e. The van der Waals surface area contributed by atoms with Gasteiger partial charge in [0.2, 0.25) is 11.5 Å². The lowest BCUT2D eigenvalue weighted by atomic mass is 10.2. The molecule has 2 amide bonds. The van der Waals surface area contributed by atoms with Crippen molar-refractivity contribution in [1.29, 1.82) is 0 Å². The zero-order chi connectivity index (χ0) is 28.4. The molecule has 0 bridgehead atoms. The second-order valence-corrected chi connectivity index (χ2v) is 7.48. The van der Waals surface area contributed by atoms with Gasteiger partial charge in [-0.2, -0.15) is 10.2 Å². The second-order valence-electron chi connectivity index (χ2n) is 7.48. The topological polar surface area (TPSA) is 151 Å². The molecule has 0 fully saturated rings. The number of nitrogens with zero attached hydrogens (tertiary/aromatic N) is 2. The molecule has 0 atom stereocenters. The molecule has 2 aromatic carbocycles. The largest absolute Gasteiger partial charge is 0.493 e. The Bertz CT molecular complexity index is 1230. The SMILES string of the molecule is COc1cc(C=NNC(=O)c2ccc(C(=O)NN=Cc3cc(OC)c(OC)c(OC)c3)o2)cc(OC)c1OC. The van der Waals surface area contributed by atoms with Gasteiger partial charge in [0.25, 0.3) is 0 Å². The Kier molecular flexibility index (Phi) is 9.73. The van der Waals surface area contributed by atoms with Crippen LogP contribution in [-0.2, 0) is 0 Å². The van der Waals surface area contributed by atoms with Gasteiger partial charge in [-0.15, -0.1) is 0 Å². The van der Waals surface area contributed by atoms with Gasteiger partial charge in [-0.1, -0.05) is 0 Å². The lowest BCUT2D eigenvalue weighted by molar-refractivity contribution is 0.0902. The summed E-state index contributed by atoms with van der Waals surface area (Å²) in [5.41, 5.74) is 5.81. The monoisotopic (exact) mass is 540 g/mol. The average Bonchev–Trinajstić information content (AvgIpc) is 3.46. The third-order valence-electron chi connectivity index (χ3n) is 5.19. The number of hydrazone groups is 2. The van der Waals surface area contributed by atoms with Crippen LogP contribution in [0.25, 0.3) is 0 Å². The van der Waals surface area contributed by atoms with Crippen LogP contribution in [0.4, 0.5) is 0 Å². The summed E-state index contributed by atoms with van der Waals surface area (Å²) in [6.07, 6.45) is 2.77. The van der Waals surface area contributed by atoms with E-state index in [1.807, 2.05) is 0 Å². The molecular formula is C26H28N4O9. The normalized spacial score (nSPS) is 10.8. The zero-order valence-electron chi connectivity index (χ0n) is 22.2. The van der Waals surface area contributed by atoms with Crippen LogP contribution < -0.4 is 39.3 Å². The molecule has 0 aliphatic rings. The predicted molar refractivity (Wildman–Crippen MR) is 141 cm³/mol. The number of methoxy groups -OCH3 is 6. The summed E-state index contributed by atoms with van der Waals surface area (Å²) in [4.78, 5) is 24.8. The quantitative estimate of drug-likeness (QED) is 0.261. The van der Waals surface area contributed by atoms with Crippen molar-refractivity contribution in [2.75, 3.05) is 42.7 Å². The molecule has 13 heteroatoms. The third kappa shape index (κ3) is 6.77. The van der Waals surface area contributed by atoms with Crippen LogP contribution >= 0.6 is 0 Å². The van der Waals surface area contributed by atoms with Gasteiger partial charge in [0.05, 0.1) is 55.1 Å². The number of ether oxygens (including phenoxy) is 6. The molecule has 2 N–H and O–H groups in total. The van der Waals surface area contributed by atoms with Crippen molar-refractivity contribution in [3.8, 4) is 34.5 Å². The number of rotatable bonds is 12. The van der Waals surface area contributed by atoms with E-state index in [2.05, 4.69) is 21.1 Å². The van der Waals surface area contributed by atoms with Gasteiger partial charge in [0.1, 0.15) is 0 Å². The molecule has 206 valence electrons. The van der Waals surface area contributed by atoms with Crippen molar-refractivity contribution < 1.29 is 42.4 Å².